The zero-order valence-electron chi connectivity index (χ0n) is 10.2. The number of nitro groups is 1. The van der Waals surface area contributed by atoms with Gasteiger partial charge in [-0.05, 0) is 18.2 Å². The fraction of sp³-hybridized carbons (Fsp3) is 0. The van der Waals surface area contributed by atoms with E-state index in [0.717, 1.165) is 42.5 Å². The van der Waals surface area contributed by atoms with E-state index in [9.17, 15) is 22.9 Å². The molecule has 0 aliphatic rings. The first-order chi connectivity index (χ1) is 9.79. The predicted molar refractivity (Wildman–Crippen MR) is 74.7 cm³/mol. The van der Waals surface area contributed by atoms with E-state index < -0.39 is 20.8 Å². The van der Waals surface area contributed by atoms with Gasteiger partial charge >= 0.3 is 0 Å². The molecular formula is C12H7ClFN2O4S-. The Hall–Kier alpha value is -2.19. The van der Waals surface area contributed by atoms with Gasteiger partial charge in [0.05, 0.1) is 14.8 Å². The number of benzene rings is 2. The van der Waals surface area contributed by atoms with Crippen LogP contribution in [0.4, 0.5) is 15.8 Å². The van der Waals surface area contributed by atoms with Gasteiger partial charge in [-0.2, -0.15) is 0 Å². The normalized spacial score (nSPS) is 11.1. The van der Waals surface area contributed by atoms with E-state index in [-0.39, 0.29) is 21.3 Å². The number of sulfonamides is 1. The van der Waals surface area contributed by atoms with E-state index in [2.05, 4.69) is 4.72 Å². The molecule has 0 aromatic heterocycles. The van der Waals surface area contributed by atoms with Crippen LogP contribution in [0.1, 0.15) is 0 Å². The number of nitro benzene ring substituents is 1. The fourth-order valence-corrected chi connectivity index (χ4v) is 2.62. The topological polar surface area (TPSA) is 91.4 Å². The van der Waals surface area contributed by atoms with Crippen molar-refractivity contribution in [2.75, 3.05) is 0 Å². The number of hydrogen-bond donors (Lipinski definition) is 0. The molecule has 2 rings (SSSR count). The second kappa shape index (κ2) is 5.66. The molecule has 0 aliphatic carbocycles. The van der Waals surface area contributed by atoms with E-state index in [0.29, 0.717) is 0 Å². The van der Waals surface area contributed by atoms with Gasteiger partial charge in [0.15, 0.2) is 0 Å². The van der Waals surface area contributed by atoms with Crippen molar-refractivity contribution in [1.82, 2.24) is 0 Å². The van der Waals surface area contributed by atoms with Crippen LogP contribution in [0.3, 0.4) is 0 Å². The quantitative estimate of drug-likeness (QED) is 0.630. The van der Waals surface area contributed by atoms with Gasteiger partial charge in [-0.3, -0.25) is 10.1 Å². The summed E-state index contributed by atoms with van der Waals surface area (Å²) in [6, 6.07) is 7.47. The third-order valence-corrected chi connectivity index (χ3v) is 4.08. The molecule has 0 bridgehead atoms. The molecule has 9 heteroatoms. The van der Waals surface area contributed by atoms with Gasteiger partial charge in [0, 0.05) is 12.1 Å². The Balaban J connectivity index is 2.29. The lowest BCUT2D eigenvalue weighted by Gasteiger charge is -2.22. The Morgan fingerprint density at radius 3 is 2.29 bits per heavy atom. The zero-order valence-corrected chi connectivity index (χ0v) is 11.8. The van der Waals surface area contributed by atoms with Crippen molar-refractivity contribution in [3.8, 4) is 0 Å². The van der Waals surface area contributed by atoms with Crippen LogP contribution < -0.4 is 0 Å². The maximum absolute atomic E-state index is 13.0. The number of rotatable bonds is 4. The lowest BCUT2D eigenvalue weighted by molar-refractivity contribution is -0.384. The van der Waals surface area contributed by atoms with Crippen LogP contribution in [0.25, 0.3) is 4.72 Å². The molecule has 2 aromatic rings. The molecule has 110 valence electrons. The molecule has 0 unspecified atom stereocenters. The molecule has 0 radical (unpaired) electrons. The van der Waals surface area contributed by atoms with Crippen LogP contribution in [0, 0.1) is 15.9 Å². The van der Waals surface area contributed by atoms with E-state index >= 15 is 0 Å². The molecule has 0 amide bonds. The second-order valence-corrected chi connectivity index (χ2v) is 5.93. The maximum Gasteiger partial charge on any atom is 0.269 e. The third kappa shape index (κ3) is 3.47. The summed E-state index contributed by atoms with van der Waals surface area (Å²) in [5.74, 6) is -0.691. The smallest absolute Gasteiger partial charge is 0.269 e. The van der Waals surface area contributed by atoms with Crippen molar-refractivity contribution >= 4 is 33.0 Å². The van der Waals surface area contributed by atoms with E-state index in [4.69, 9.17) is 11.6 Å². The first-order valence-electron chi connectivity index (χ1n) is 5.47. The van der Waals surface area contributed by atoms with Crippen molar-refractivity contribution in [2.45, 2.75) is 4.90 Å². The van der Waals surface area contributed by atoms with Crippen LogP contribution >= 0.6 is 11.6 Å². The molecule has 0 saturated heterocycles. The fourth-order valence-electron chi connectivity index (χ4n) is 1.47. The highest BCUT2D eigenvalue weighted by atomic mass is 35.5. The van der Waals surface area contributed by atoms with Gasteiger partial charge < -0.3 is 4.72 Å². The summed E-state index contributed by atoms with van der Waals surface area (Å²) in [4.78, 5) is 9.64. The van der Waals surface area contributed by atoms with Gasteiger partial charge in [0.1, 0.15) is 15.8 Å². The van der Waals surface area contributed by atoms with Crippen LogP contribution in [0.15, 0.2) is 47.4 Å². The largest absolute Gasteiger partial charge is 0.573 e. The van der Waals surface area contributed by atoms with E-state index in [1.54, 1.807) is 0 Å². The van der Waals surface area contributed by atoms with E-state index in [1.165, 1.54) is 0 Å². The van der Waals surface area contributed by atoms with Crippen molar-refractivity contribution in [3.63, 3.8) is 0 Å². The predicted octanol–water partition coefficient (Wildman–Crippen LogP) is 3.78. The summed E-state index contributed by atoms with van der Waals surface area (Å²) in [7, 11) is -4.06. The molecular weight excluding hydrogens is 323 g/mol. The monoisotopic (exact) mass is 329 g/mol. The average Bonchev–Trinajstić information content (AvgIpc) is 2.43. The van der Waals surface area contributed by atoms with Gasteiger partial charge in [-0.1, -0.05) is 23.7 Å². The summed E-state index contributed by atoms with van der Waals surface area (Å²) in [6.45, 7) is 0. The standard InChI is InChI=1S/C12H7ClFN2O4S/c13-11-7-8(1-6-12(11)14)15-21(19,20)10-4-2-9(3-5-10)16(17)18/h1-7H/q-1. The molecule has 0 heterocycles. The highest BCUT2D eigenvalue weighted by Gasteiger charge is 2.09. The van der Waals surface area contributed by atoms with Gasteiger partial charge in [-0.25, -0.2) is 12.8 Å². The third-order valence-electron chi connectivity index (χ3n) is 2.47. The molecule has 0 atom stereocenters. The highest BCUT2D eigenvalue weighted by molar-refractivity contribution is 7.94. The number of nitrogens with zero attached hydrogens (tertiary/aromatic N) is 2. The molecule has 0 spiro atoms. The van der Waals surface area contributed by atoms with E-state index in [1.807, 2.05) is 0 Å². The minimum Gasteiger partial charge on any atom is -0.573 e. The molecule has 6 nitrogen and oxygen atoms in total. The van der Waals surface area contributed by atoms with Crippen LogP contribution in [-0.4, -0.2) is 13.3 Å². The molecule has 0 saturated carbocycles. The Bertz CT molecular complexity index is 793. The van der Waals surface area contributed by atoms with Crippen molar-refractivity contribution < 1.29 is 17.7 Å². The number of non-ortho nitro benzene ring substituents is 1. The first-order valence-corrected chi connectivity index (χ1v) is 7.29. The number of halogens is 2. The summed E-state index contributed by atoms with van der Waals surface area (Å²) in [6.07, 6.45) is 0. The lowest BCUT2D eigenvalue weighted by Crippen LogP contribution is -1.98. The average molecular weight is 330 g/mol. The SMILES string of the molecule is O=[N+]([O-])c1ccc(S(=O)(=O)[N-]c2ccc(F)c(Cl)c2)cc1. The minimum absolute atomic E-state index is 0.0419. The minimum atomic E-state index is -4.06. The Kier molecular flexibility index (Phi) is 4.10. The number of hydrogen-bond acceptors (Lipinski definition) is 4. The van der Waals surface area contributed by atoms with Crippen molar-refractivity contribution in [3.05, 3.63) is 68.1 Å². The molecule has 2 aromatic carbocycles. The summed E-state index contributed by atoms with van der Waals surface area (Å²) in [5.41, 5.74) is -0.279. The Morgan fingerprint density at radius 2 is 1.76 bits per heavy atom. The summed E-state index contributed by atoms with van der Waals surface area (Å²) >= 11 is 5.54. The van der Waals surface area contributed by atoms with Crippen molar-refractivity contribution in [1.29, 1.82) is 0 Å². The molecule has 21 heavy (non-hydrogen) atoms. The Morgan fingerprint density at radius 1 is 1.14 bits per heavy atom. The Labute approximate surface area is 124 Å². The van der Waals surface area contributed by atoms with Gasteiger partial charge in [-0.15, -0.1) is 5.69 Å². The van der Waals surface area contributed by atoms with Crippen molar-refractivity contribution in [2.24, 2.45) is 0 Å². The molecule has 0 aliphatic heterocycles. The molecule has 0 N–H and O–H groups in total. The van der Waals surface area contributed by atoms with Crippen LogP contribution in [-0.2, 0) is 10.0 Å². The molecule has 0 fully saturated rings. The maximum atomic E-state index is 13.0. The van der Waals surface area contributed by atoms with Crippen LogP contribution in [0.5, 0.6) is 0 Å². The highest BCUT2D eigenvalue weighted by Crippen LogP contribution is 2.31. The van der Waals surface area contributed by atoms with Crippen LogP contribution in [0.2, 0.25) is 5.02 Å². The van der Waals surface area contributed by atoms with Gasteiger partial charge in [0.25, 0.3) is 5.69 Å². The summed E-state index contributed by atoms with van der Waals surface area (Å²) in [5, 5.41) is 10.3. The zero-order chi connectivity index (χ0) is 15.6. The summed E-state index contributed by atoms with van der Waals surface area (Å²) < 4.78 is 40.5. The first kappa shape index (κ1) is 15.2. The lowest BCUT2D eigenvalue weighted by atomic mass is 10.3. The van der Waals surface area contributed by atoms with Gasteiger partial charge in [0.2, 0.25) is 0 Å². The second-order valence-electron chi connectivity index (χ2n) is 3.92.